The SMILES string of the molecule is CCCNC(Cc1ccoc1)C1CCC(CCC)CC1. The van der Waals surface area contributed by atoms with E-state index < -0.39 is 0 Å². The molecule has 0 saturated heterocycles. The second kappa shape index (κ2) is 8.51. The average Bonchev–Trinajstić information content (AvgIpc) is 2.98. The van der Waals surface area contributed by atoms with E-state index in [1.807, 2.05) is 6.26 Å². The van der Waals surface area contributed by atoms with E-state index in [9.17, 15) is 0 Å². The third-order valence-electron chi connectivity index (χ3n) is 4.85. The highest BCUT2D eigenvalue weighted by atomic mass is 16.3. The summed E-state index contributed by atoms with van der Waals surface area (Å²) in [5, 5.41) is 3.78. The zero-order valence-corrected chi connectivity index (χ0v) is 13.2. The number of hydrogen-bond acceptors (Lipinski definition) is 2. The van der Waals surface area contributed by atoms with Crippen molar-refractivity contribution in [3.8, 4) is 0 Å². The molecule has 1 fully saturated rings. The predicted octanol–water partition coefficient (Wildman–Crippen LogP) is 4.80. The van der Waals surface area contributed by atoms with Gasteiger partial charge in [0.25, 0.3) is 0 Å². The summed E-state index contributed by atoms with van der Waals surface area (Å²) in [5.41, 5.74) is 1.34. The van der Waals surface area contributed by atoms with Gasteiger partial charge in [-0.05, 0) is 55.7 Å². The molecule has 0 aromatic carbocycles. The van der Waals surface area contributed by atoms with Gasteiger partial charge in [-0.15, -0.1) is 0 Å². The van der Waals surface area contributed by atoms with Crippen LogP contribution in [0.3, 0.4) is 0 Å². The Labute approximate surface area is 124 Å². The van der Waals surface area contributed by atoms with Crippen LogP contribution in [0.5, 0.6) is 0 Å². The monoisotopic (exact) mass is 277 g/mol. The molecule has 1 unspecified atom stereocenters. The molecular formula is C18H31NO. The Balaban J connectivity index is 1.86. The van der Waals surface area contributed by atoms with Crippen molar-refractivity contribution in [1.82, 2.24) is 5.32 Å². The summed E-state index contributed by atoms with van der Waals surface area (Å²) in [6.07, 6.45) is 14.5. The van der Waals surface area contributed by atoms with Crippen LogP contribution >= 0.6 is 0 Å². The van der Waals surface area contributed by atoms with Crippen LogP contribution < -0.4 is 5.32 Å². The van der Waals surface area contributed by atoms with Crippen LogP contribution in [-0.4, -0.2) is 12.6 Å². The standard InChI is InChI=1S/C18H31NO/c1-3-5-15-6-8-17(9-7-15)18(19-11-4-2)13-16-10-12-20-14-16/h10,12,14-15,17-19H,3-9,11,13H2,1-2H3. The van der Waals surface area contributed by atoms with E-state index >= 15 is 0 Å². The van der Waals surface area contributed by atoms with Gasteiger partial charge in [-0.1, -0.05) is 39.5 Å². The van der Waals surface area contributed by atoms with Crippen molar-refractivity contribution < 1.29 is 4.42 Å². The maximum Gasteiger partial charge on any atom is 0.0935 e. The Bertz CT molecular complexity index is 338. The average molecular weight is 277 g/mol. The Morgan fingerprint density at radius 3 is 2.60 bits per heavy atom. The van der Waals surface area contributed by atoms with Crippen molar-refractivity contribution in [1.29, 1.82) is 0 Å². The normalized spacial score (nSPS) is 24.7. The second-order valence-electron chi connectivity index (χ2n) is 6.47. The molecule has 0 bridgehead atoms. The van der Waals surface area contributed by atoms with E-state index in [-0.39, 0.29) is 0 Å². The summed E-state index contributed by atoms with van der Waals surface area (Å²) >= 11 is 0. The smallest absolute Gasteiger partial charge is 0.0935 e. The van der Waals surface area contributed by atoms with Crippen LogP contribution in [0.15, 0.2) is 23.0 Å². The summed E-state index contributed by atoms with van der Waals surface area (Å²) in [7, 11) is 0. The summed E-state index contributed by atoms with van der Waals surface area (Å²) in [6, 6.07) is 2.75. The van der Waals surface area contributed by atoms with Crippen molar-refractivity contribution in [3.05, 3.63) is 24.2 Å². The van der Waals surface area contributed by atoms with Gasteiger partial charge in [-0.25, -0.2) is 0 Å². The molecule has 1 aromatic rings. The highest BCUT2D eigenvalue weighted by molar-refractivity contribution is 5.08. The first-order chi connectivity index (χ1) is 9.83. The second-order valence-corrected chi connectivity index (χ2v) is 6.47. The highest BCUT2D eigenvalue weighted by Gasteiger charge is 2.27. The van der Waals surface area contributed by atoms with Gasteiger partial charge in [-0.3, -0.25) is 0 Å². The van der Waals surface area contributed by atoms with Gasteiger partial charge in [0.05, 0.1) is 12.5 Å². The van der Waals surface area contributed by atoms with Gasteiger partial charge in [0.15, 0.2) is 0 Å². The van der Waals surface area contributed by atoms with Crippen LogP contribution in [0.25, 0.3) is 0 Å². The molecule has 1 aromatic heterocycles. The van der Waals surface area contributed by atoms with Gasteiger partial charge in [0.1, 0.15) is 0 Å². The molecule has 1 aliphatic carbocycles. The fourth-order valence-electron chi connectivity index (χ4n) is 3.69. The van der Waals surface area contributed by atoms with E-state index in [1.165, 1.54) is 50.5 Å². The molecule has 1 aliphatic rings. The van der Waals surface area contributed by atoms with Gasteiger partial charge in [0, 0.05) is 6.04 Å². The largest absolute Gasteiger partial charge is 0.472 e. The molecule has 1 N–H and O–H groups in total. The third kappa shape index (κ3) is 4.66. The molecule has 2 nitrogen and oxygen atoms in total. The lowest BCUT2D eigenvalue weighted by Gasteiger charge is -2.34. The van der Waals surface area contributed by atoms with Crippen molar-refractivity contribution in [2.24, 2.45) is 11.8 Å². The van der Waals surface area contributed by atoms with E-state index in [0.717, 1.165) is 24.8 Å². The number of hydrogen-bond donors (Lipinski definition) is 1. The topological polar surface area (TPSA) is 25.2 Å². The van der Waals surface area contributed by atoms with Gasteiger partial charge in [-0.2, -0.15) is 0 Å². The molecule has 1 atom stereocenters. The fraction of sp³-hybridized carbons (Fsp3) is 0.778. The minimum absolute atomic E-state index is 0.634. The maximum atomic E-state index is 5.23. The molecule has 0 amide bonds. The maximum absolute atomic E-state index is 5.23. The summed E-state index contributed by atoms with van der Waals surface area (Å²) in [4.78, 5) is 0. The minimum Gasteiger partial charge on any atom is -0.472 e. The molecule has 0 radical (unpaired) electrons. The van der Waals surface area contributed by atoms with Crippen LogP contribution in [0.2, 0.25) is 0 Å². The number of rotatable bonds is 8. The molecule has 20 heavy (non-hydrogen) atoms. The summed E-state index contributed by atoms with van der Waals surface area (Å²) < 4.78 is 5.23. The Morgan fingerprint density at radius 1 is 1.20 bits per heavy atom. The molecule has 1 saturated carbocycles. The number of nitrogens with one attached hydrogen (secondary N) is 1. The van der Waals surface area contributed by atoms with Gasteiger partial charge >= 0.3 is 0 Å². The zero-order valence-electron chi connectivity index (χ0n) is 13.2. The molecule has 1 heterocycles. The van der Waals surface area contributed by atoms with Crippen LogP contribution in [0.4, 0.5) is 0 Å². The first-order valence-corrected chi connectivity index (χ1v) is 8.57. The fourth-order valence-corrected chi connectivity index (χ4v) is 3.69. The highest BCUT2D eigenvalue weighted by Crippen LogP contribution is 2.34. The van der Waals surface area contributed by atoms with E-state index in [0.29, 0.717) is 6.04 Å². The van der Waals surface area contributed by atoms with E-state index in [2.05, 4.69) is 25.2 Å². The summed E-state index contributed by atoms with van der Waals surface area (Å²) in [6.45, 7) is 5.70. The Hall–Kier alpha value is -0.760. The van der Waals surface area contributed by atoms with Crippen molar-refractivity contribution in [3.63, 3.8) is 0 Å². The van der Waals surface area contributed by atoms with Crippen LogP contribution in [-0.2, 0) is 6.42 Å². The van der Waals surface area contributed by atoms with E-state index in [1.54, 1.807) is 6.26 Å². The summed E-state index contributed by atoms with van der Waals surface area (Å²) in [5.74, 6) is 1.85. The molecule has 2 rings (SSSR count). The molecule has 2 heteroatoms. The van der Waals surface area contributed by atoms with Crippen LogP contribution in [0.1, 0.15) is 64.4 Å². The number of furan rings is 1. The molecule has 114 valence electrons. The third-order valence-corrected chi connectivity index (χ3v) is 4.85. The lowest BCUT2D eigenvalue weighted by Crippen LogP contribution is -2.40. The van der Waals surface area contributed by atoms with Crippen molar-refractivity contribution >= 4 is 0 Å². The minimum atomic E-state index is 0.634. The molecule has 0 aliphatic heterocycles. The van der Waals surface area contributed by atoms with Gasteiger partial charge in [0.2, 0.25) is 0 Å². The Morgan fingerprint density at radius 2 is 2.00 bits per heavy atom. The van der Waals surface area contributed by atoms with Crippen molar-refractivity contribution in [2.75, 3.05) is 6.54 Å². The lowest BCUT2D eigenvalue weighted by atomic mass is 9.76. The quantitative estimate of drug-likeness (QED) is 0.738. The van der Waals surface area contributed by atoms with Gasteiger partial charge < -0.3 is 9.73 Å². The lowest BCUT2D eigenvalue weighted by molar-refractivity contribution is 0.212. The van der Waals surface area contributed by atoms with Crippen molar-refractivity contribution in [2.45, 2.75) is 71.3 Å². The van der Waals surface area contributed by atoms with Crippen LogP contribution in [0, 0.1) is 11.8 Å². The van der Waals surface area contributed by atoms with E-state index in [4.69, 9.17) is 4.42 Å². The molecular weight excluding hydrogens is 246 g/mol. The first kappa shape index (κ1) is 15.6. The molecule has 0 spiro atoms. The predicted molar refractivity (Wildman–Crippen MR) is 84.8 cm³/mol. The first-order valence-electron chi connectivity index (χ1n) is 8.57. The Kier molecular flexibility index (Phi) is 6.65. The zero-order chi connectivity index (χ0) is 14.2.